The highest BCUT2D eigenvalue weighted by molar-refractivity contribution is 6.38. The van der Waals surface area contributed by atoms with Crippen molar-refractivity contribution >= 4 is 23.2 Å². The van der Waals surface area contributed by atoms with E-state index in [-0.39, 0.29) is 5.02 Å². The fourth-order valence-electron chi connectivity index (χ4n) is 1.31. The number of rotatable bonds is 3. The maximum Gasteiger partial charge on any atom is 0.159 e. The molecule has 84 valence electrons. The van der Waals surface area contributed by atoms with Crippen LogP contribution < -0.4 is 9.47 Å². The lowest BCUT2D eigenvalue weighted by Crippen LogP contribution is -1.99. The zero-order valence-corrected chi connectivity index (χ0v) is 10.2. The molecule has 0 fully saturated rings. The van der Waals surface area contributed by atoms with Crippen LogP contribution in [0.1, 0.15) is 18.6 Å². The molecule has 5 heteroatoms. The summed E-state index contributed by atoms with van der Waals surface area (Å²) in [5.74, 6) is 0.729. The number of benzene rings is 1. The fourth-order valence-corrected chi connectivity index (χ4v) is 2.01. The average molecular weight is 251 g/mol. The predicted octanol–water partition coefficient (Wildman–Crippen LogP) is 3.06. The SMILES string of the molecule is COc1c(Cl)cc(C(C)O)c(OC)c1Cl. The van der Waals surface area contributed by atoms with Crippen molar-refractivity contribution in [2.24, 2.45) is 0 Å². The standard InChI is InChI=1S/C10H12Cl2O3/c1-5(13)6-4-7(11)10(15-3)8(12)9(6)14-2/h4-5,13H,1-3H3. The maximum atomic E-state index is 9.51. The maximum absolute atomic E-state index is 9.51. The Morgan fingerprint density at radius 2 is 1.73 bits per heavy atom. The van der Waals surface area contributed by atoms with Crippen LogP contribution in [0.3, 0.4) is 0 Å². The summed E-state index contributed by atoms with van der Waals surface area (Å²) in [6, 6.07) is 1.58. The minimum Gasteiger partial charge on any atom is -0.495 e. The molecule has 1 aromatic rings. The predicted molar refractivity (Wildman–Crippen MR) is 60.2 cm³/mol. The third-order valence-electron chi connectivity index (χ3n) is 2.02. The van der Waals surface area contributed by atoms with Gasteiger partial charge in [-0.1, -0.05) is 23.2 Å². The lowest BCUT2D eigenvalue weighted by molar-refractivity contribution is 0.194. The highest BCUT2D eigenvalue weighted by atomic mass is 35.5. The molecule has 1 atom stereocenters. The molecule has 1 N–H and O–H groups in total. The van der Waals surface area contributed by atoms with E-state index < -0.39 is 6.10 Å². The Balaban J connectivity index is 3.44. The molecule has 1 rings (SSSR count). The van der Waals surface area contributed by atoms with Crippen LogP contribution in [0.4, 0.5) is 0 Å². The number of hydrogen-bond donors (Lipinski definition) is 1. The fraction of sp³-hybridized carbons (Fsp3) is 0.400. The summed E-state index contributed by atoms with van der Waals surface area (Å²) in [5, 5.41) is 10.1. The van der Waals surface area contributed by atoms with Crippen LogP contribution in [0.2, 0.25) is 10.0 Å². The number of aliphatic hydroxyl groups excluding tert-OH is 1. The first-order valence-electron chi connectivity index (χ1n) is 4.30. The van der Waals surface area contributed by atoms with E-state index in [2.05, 4.69) is 0 Å². The van der Waals surface area contributed by atoms with Gasteiger partial charge in [0.25, 0.3) is 0 Å². The van der Waals surface area contributed by atoms with Crippen LogP contribution in [-0.4, -0.2) is 19.3 Å². The monoisotopic (exact) mass is 250 g/mol. The van der Waals surface area contributed by atoms with E-state index in [9.17, 15) is 5.11 Å². The molecule has 0 aliphatic carbocycles. The van der Waals surface area contributed by atoms with E-state index in [4.69, 9.17) is 32.7 Å². The van der Waals surface area contributed by atoms with E-state index in [0.29, 0.717) is 22.1 Å². The smallest absolute Gasteiger partial charge is 0.159 e. The average Bonchev–Trinajstić information content (AvgIpc) is 2.17. The molecular weight excluding hydrogens is 239 g/mol. The first kappa shape index (κ1) is 12.4. The summed E-state index contributed by atoms with van der Waals surface area (Å²) < 4.78 is 10.1. The van der Waals surface area contributed by atoms with Gasteiger partial charge in [0.15, 0.2) is 5.75 Å². The van der Waals surface area contributed by atoms with Gasteiger partial charge in [0, 0.05) is 5.56 Å². The zero-order valence-electron chi connectivity index (χ0n) is 8.67. The van der Waals surface area contributed by atoms with Crippen molar-refractivity contribution in [1.82, 2.24) is 0 Å². The van der Waals surface area contributed by atoms with Crippen molar-refractivity contribution in [3.63, 3.8) is 0 Å². The van der Waals surface area contributed by atoms with E-state index in [0.717, 1.165) is 0 Å². The second-order valence-corrected chi connectivity index (χ2v) is 3.79. The minimum absolute atomic E-state index is 0.267. The molecule has 1 unspecified atom stereocenters. The van der Waals surface area contributed by atoms with Gasteiger partial charge in [0.2, 0.25) is 0 Å². The molecule has 0 saturated heterocycles. The summed E-state index contributed by atoms with van der Waals surface area (Å²) in [5.41, 5.74) is 0.535. The van der Waals surface area contributed by atoms with Crippen molar-refractivity contribution in [3.8, 4) is 11.5 Å². The van der Waals surface area contributed by atoms with E-state index in [1.807, 2.05) is 0 Å². The minimum atomic E-state index is -0.708. The molecule has 3 nitrogen and oxygen atoms in total. The first-order chi connectivity index (χ1) is 7.02. The Bertz CT molecular complexity index is 364. The topological polar surface area (TPSA) is 38.7 Å². The van der Waals surface area contributed by atoms with E-state index >= 15 is 0 Å². The third-order valence-corrected chi connectivity index (χ3v) is 2.64. The van der Waals surface area contributed by atoms with Gasteiger partial charge >= 0.3 is 0 Å². The second-order valence-electron chi connectivity index (χ2n) is 3.00. The van der Waals surface area contributed by atoms with Crippen molar-refractivity contribution in [2.45, 2.75) is 13.0 Å². The molecule has 0 radical (unpaired) electrons. The molecular formula is C10H12Cl2O3. The number of aliphatic hydroxyl groups is 1. The summed E-state index contributed by atoms with van der Waals surface area (Å²) in [7, 11) is 2.94. The van der Waals surface area contributed by atoms with Gasteiger partial charge in [-0.2, -0.15) is 0 Å². The lowest BCUT2D eigenvalue weighted by atomic mass is 10.1. The van der Waals surface area contributed by atoms with E-state index in [1.54, 1.807) is 13.0 Å². The molecule has 0 aliphatic rings. The summed E-state index contributed by atoms with van der Waals surface area (Å²) in [6.07, 6.45) is -0.708. The van der Waals surface area contributed by atoms with Crippen LogP contribution >= 0.6 is 23.2 Å². The second kappa shape index (κ2) is 4.92. The van der Waals surface area contributed by atoms with Crippen LogP contribution in [0, 0.1) is 0 Å². The first-order valence-corrected chi connectivity index (χ1v) is 5.06. The van der Waals surface area contributed by atoms with Crippen LogP contribution in [0.15, 0.2) is 6.07 Å². The van der Waals surface area contributed by atoms with Gasteiger partial charge in [0.1, 0.15) is 10.8 Å². The molecule has 0 spiro atoms. The summed E-state index contributed by atoms with van der Waals surface area (Å²) >= 11 is 11.9. The quantitative estimate of drug-likeness (QED) is 0.897. The van der Waals surface area contributed by atoms with Crippen LogP contribution in [0.25, 0.3) is 0 Å². The summed E-state index contributed by atoms with van der Waals surface area (Å²) in [6.45, 7) is 1.61. The highest BCUT2D eigenvalue weighted by Gasteiger charge is 2.19. The third kappa shape index (κ3) is 2.30. The normalized spacial score (nSPS) is 12.4. The Morgan fingerprint density at radius 3 is 2.13 bits per heavy atom. The number of hydrogen-bond acceptors (Lipinski definition) is 3. The van der Waals surface area contributed by atoms with Crippen molar-refractivity contribution in [1.29, 1.82) is 0 Å². The Labute approximate surface area is 98.5 Å². The van der Waals surface area contributed by atoms with Crippen molar-refractivity contribution in [3.05, 3.63) is 21.7 Å². The van der Waals surface area contributed by atoms with Crippen LogP contribution in [-0.2, 0) is 0 Å². The number of ether oxygens (including phenoxy) is 2. The zero-order chi connectivity index (χ0) is 11.6. The molecule has 1 aromatic carbocycles. The molecule has 0 bridgehead atoms. The largest absolute Gasteiger partial charge is 0.495 e. The molecule has 0 aliphatic heterocycles. The molecule has 15 heavy (non-hydrogen) atoms. The number of methoxy groups -OCH3 is 2. The van der Waals surface area contributed by atoms with Crippen LogP contribution in [0.5, 0.6) is 11.5 Å². The number of halogens is 2. The molecule has 0 aromatic heterocycles. The van der Waals surface area contributed by atoms with E-state index in [1.165, 1.54) is 14.2 Å². The van der Waals surface area contributed by atoms with Gasteiger partial charge < -0.3 is 14.6 Å². The van der Waals surface area contributed by atoms with Crippen molar-refractivity contribution < 1.29 is 14.6 Å². The molecule has 0 saturated carbocycles. The van der Waals surface area contributed by atoms with Gasteiger partial charge in [-0.15, -0.1) is 0 Å². The lowest BCUT2D eigenvalue weighted by Gasteiger charge is -2.16. The Hall–Kier alpha value is -0.640. The van der Waals surface area contributed by atoms with Gasteiger partial charge in [-0.25, -0.2) is 0 Å². The highest BCUT2D eigenvalue weighted by Crippen LogP contribution is 2.44. The van der Waals surface area contributed by atoms with Gasteiger partial charge in [-0.3, -0.25) is 0 Å². The van der Waals surface area contributed by atoms with Crippen molar-refractivity contribution in [2.75, 3.05) is 14.2 Å². The Morgan fingerprint density at radius 1 is 1.20 bits per heavy atom. The molecule has 0 heterocycles. The Kier molecular flexibility index (Phi) is 4.08. The van der Waals surface area contributed by atoms with Gasteiger partial charge in [-0.05, 0) is 13.0 Å². The summed E-state index contributed by atoms with van der Waals surface area (Å²) in [4.78, 5) is 0. The van der Waals surface area contributed by atoms with Gasteiger partial charge in [0.05, 0.1) is 25.3 Å². The molecule has 0 amide bonds.